The van der Waals surface area contributed by atoms with E-state index in [2.05, 4.69) is 10.6 Å². The molecular formula is C23H19Cl2FN2O4. The van der Waals surface area contributed by atoms with Crippen LogP contribution in [-0.4, -0.2) is 25.0 Å². The van der Waals surface area contributed by atoms with E-state index >= 15 is 0 Å². The minimum Gasteiger partial charge on any atom is -0.483 e. The van der Waals surface area contributed by atoms with Gasteiger partial charge in [-0.2, -0.15) is 0 Å². The fraction of sp³-hybridized carbons (Fsp3) is 0.130. The number of carbonyl (C=O) groups excluding carboxylic acids is 2. The zero-order valence-electron chi connectivity index (χ0n) is 17.0. The lowest BCUT2D eigenvalue weighted by Gasteiger charge is -2.14. The number of aryl methyl sites for hydroxylation is 1. The van der Waals surface area contributed by atoms with E-state index in [9.17, 15) is 14.0 Å². The maximum absolute atomic E-state index is 13.8. The summed E-state index contributed by atoms with van der Waals surface area (Å²) in [7, 11) is 0. The second-order valence-corrected chi connectivity index (χ2v) is 7.52. The Bertz CT molecular complexity index is 1120. The van der Waals surface area contributed by atoms with Crippen molar-refractivity contribution < 1.29 is 23.5 Å². The first-order valence-electron chi connectivity index (χ1n) is 9.48. The standard InChI is InChI=1S/C23H19Cl2FN2O4/c1-14-11-15(24)9-10-20(14)31-12-21(29)27-18-7-2-3-8-19(18)28-22(30)13-32-23-16(25)5-4-6-17(23)26/h2-11H,12-13H2,1H3,(H,27,29)(H,28,30). The number of hydrogen-bond donors (Lipinski definition) is 2. The van der Waals surface area contributed by atoms with Gasteiger partial charge < -0.3 is 20.1 Å². The van der Waals surface area contributed by atoms with Gasteiger partial charge in [-0.25, -0.2) is 4.39 Å². The molecule has 3 aromatic rings. The Balaban J connectivity index is 1.57. The normalized spacial score (nSPS) is 10.4. The number of para-hydroxylation sites is 3. The average Bonchev–Trinajstić information content (AvgIpc) is 2.74. The number of halogens is 3. The molecule has 0 aliphatic rings. The highest BCUT2D eigenvalue weighted by molar-refractivity contribution is 6.32. The number of amides is 2. The van der Waals surface area contributed by atoms with Gasteiger partial charge in [0.2, 0.25) is 0 Å². The first-order valence-corrected chi connectivity index (χ1v) is 10.2. The van der Waals surface area contributed by atoms with Crippen LogP contribution in [0.15, 0.2) is 60.7 Å². The molecule has 0 saturated heterocycles. The van der Waals surface area contributed by atoms with Crippen molar-refractivity contribution in [3.8, 4) is 11.5 Å². The topological polar surface area (TPSA) is 76.7 Å². The largest absolute Gasteiger partial charge is 0.483 e. The molecule has 0 spiro atoms. The van der Waals surface area contributed by atoms with Gasteiger partial charge in [-0.3, -0.25) is 9.59 Å². The monoisotopic (exact) mass is 476 g/mol. The summed E-state index contributed by atoms with van der Waals surface area (Å²) in [5.74, 6) is -1.32. The predicted molar refractivity (Wildman–Crippen MR) is 122 cm³/mol. The van der Waals surface area contributed by atoms with Crippen molar-refractivity contribution in [2.24, 2.45) is 0 Å². The van der Waals surface area contributed by atoms with Crippen LogP contribution in [0.2, 0.25) is 10.0 Å². The molecule has 0 saturated carbocycles. The Morgan fingerprint density at radius 3 is 2.09 bits per heavy atom. The van der Waals surface area contributed by atoms with Crippen LogP contribution in [0.4, 0.5) is 15.8 Å². The minimum atomic E-state index is -0.672. The van der Waals surface area contributed by atoms with E-state index in [0.29, 0.717) is 22.1 Å². The Labute approximate surface area is 194 Å². The van der Waals surface area contributed by atoms with Crippen LogP contribution < -0.4 is 20.1 Å². The number of rotatable bonds is 8. The Hall–Kier alpha value is -3.29. The molecule has 166 valence electrons. The highest BCUT2D eigenvalue weighted by atomic mass is 35.5. The lowest BCUT2D eigenvalue weighted by molar-refractivity contribution is -0.119. The van der Waals surface area contributed by atoms with Gasteiger partial charge in [0, 0.05) is 5.02 Å². The van der Waals surface area contributed by atoms with E-state index in [0.717, 1.165) is 5.56 Å². The van der Waals surface area contributed by atoms with Gasteiger partial charge in [0.15, 0.2) is 24.8 Å². The number of hydrogen-bond acceptors (Lipinski definition) is 4. The highest BCUT2D eigenvalue weighted by Crippen LogP contribution is 2.27. The number of ether oxygens (including phenoxy) is 2. The molecule has 2 amide bonds. The summed E-state index contributed by atoms with van der Waals surface area (Å²) in [5, 5.41) is 5.93. The lowest BCUT2D eigenvalue weighted by Crippen LogP contribution is -2.24. The minimum absolute atomic E-state index is 0.0568. The van der Waals surface area contributed by atoms with E-state index in [4.69, 9.17) is 32.7 Å². The molecule has 0 fully saturated rings. The fourth-order valence-electron chi connectivity index (χ4n) is 2.75. The van der Waals surface area contributed by atoms with Crippen molar-refractivity contribution in [2.45, 2.75) is 6.92 Å². The van der Waals surface area contributed by atoms with Crippen molar-refractivity contribution in [2.75, 3.05) is 23.8 Å². The summed E-state index contributed by atoms with van der Waals surface area (Å²) in [6, 6.07) is 15.8. The van der Waals surface area contributed by atoms with E-state index in [1.165, 1.54) is 18.2 Å². The van der Waals surface area contributed by atoms with Crippen LogP contribution in [0.5, 0.6) is 11.5 Å². The van der Waals surface area contributed by atoms with Crippen LogP contribution in [-0.2, 0) is 9.59 Å². The second kappa shape index (κ2) is 10.8. The maximum atomic E-state index is 13.8. The van der Waals surface area contributed by atoms with Gasteiger partial charge >= 0.3 is 0 Å². The van der Waals surface area contributed by atoms with Crippen molar-refractivity contribution >= 4 is 46.4 Å². The van der Waals surface area contributed by atoms with Crippen molar-refractivity contribution in [1.29, 1.82) is 0 Å². The third-order valence-corrected chi connectivity index (χ3v) is 4.77. The molecule has 0 bridgehead atoms. The summed E-state index contributed by atoms with van der Waals surface area (Å²) in [6.45, 7) is 1.11. The lowest BCUT2D eigenvalue weighted by atomic mass is 10.2. The molecule has 0 atom stereocenters. The summed E-state index contributed by atoms with van der Waals surface area (Å²) in [6.07, 6.45) is 0. The zero-order chi connectivity index (χ0) is 23.1. The average molecular weight is 477 g/mol. The quantitative estimate of drug-likeness (QED) is 0.451. The highest BCUT2D eigenvalue weighted by Gasteiger charge is 2.13. The smallest absolute Gasteiger partial charge is 0.262 e. The van der Waals surface area contributed by atoms with E-state index in [-0.39, 0.29) is 17.4 Å². The van der Waals surface area contributed by atoms with Crippen LogP contribution in [0.25, 0.3) is 0 Å². The summed E-state index contributed by atoms with van der Waals surface area (Å²) < 4.78 is 24.5. The predicted octanol–water partition coefficient (Wildman–Crippen LogP) is 5.48. The first kappa shape index (κ1) is 23.4. The molecule has 2 N–H and O–H groups in total. The van der Waals surface area contributed by atoms with E-state index in [1.807, 2.05) is 6.92 Å². The second-order valence-electron chi connectivity index (χ2n) is 6.68. The van der Waals surface area contributed by atoms with Gasteiger partial charge in [0.25, 0.3) is 11.8 Å². The Morgan fingerprint density at radius 2 is 1.50 bits per heavy atom. The number of benzene rings is 3. The first-order chi connectivity index (χ1) is 15.3. The fourth-order valence-corrected chi connectivity index (χ4v) is 3.19. The van der Waals surface area contributed by atoms with Gasteiger partial charge in [-0.15, -0.1) is 0 Å². The Kier molecular flexibility index (Phi) is 7.92. The molecule has 3 aromatic carbocycles. The molecule has 9 heteroatoms. The third-order valence-electron chi connectivity index (χ3n) is 4.24. The molecule has 0 aliphatic heterocycles. The number of carbonyl (C=O) groups is 2. The van der Waals surface area contributed by atoms with Crippen molar-refractivity contribution in [1.82, 2.24) is 0 Å². The van der Waals surface area contributed by atoms with Crippen molar-refractivity contribution in [3.05, 3.63) is 82.1 Å². The molecule has 32 heavy (non-hydrogen) atoms. The van der Waals surface area contributed by atoms with Crippen LogP contribution in [0, 0.1) is 12.7 Å². The molecule has 3 rings (SSSR count). The molecule has 0 aromatic heterocycles. The van der Waals surface area contributed by atoms with Crippen LogP contribution >= 0.6 is 23.2 Å². The summed E-state index contributed by atoms with van der Waals surface area (Å²) in [5.41, 5.74) is 1.51. The van der Waals surface area contributed by atoms with Crippen LogP contribution in [0.1, 0.15) is 5.56 Å². The Morgan fingerprint density at radius 1 is 0.875 bits per heavy atom. The summed E-state index contributed by atoms with van der Waals surface area (Å²) >= 11 is 11.8. The van der Waals surface area contributed by atoms with Crippen molar-refractivity contribution in [3.63, 3.8) is 0 Å². The van der Waals surface area contributed by atoms with Gasteiger partial charge in [-0.05, 0) is 55.0 Å². The number of anilines is 2. The molecule has 0 radical (unpaired) electrons. The van der Waals surface area contributed by atoms with Crippen LogP contribution in [0.3, 0.4) is 0 Å². The molecular weight excluding hydrogens is 458 g/mol. The molecule has 0 aliphatic carbocycles. The van der Waals surface area contributed by atoms with E-state index < -0.39 is 24.2 Å². The SMILES string of the molecule is Cc1cc(Cl)ccc1OCC(=O)Nc1ccccc1NC(=O)COc1c(F)cccc1Cl. The van der Waals surface area contributed by atoms with Gasteiger partial charge in [0.05, 0.1) is 16.4 Å². The van der Waals surface area contributed by atoms with Gasteiger partial charge in [-0.1, -0.05) is 41.4 Å². The van der Waals surface area contributed by atoms with Gasteiger partial charge in [0.1, 0.15) is 5.75 Å². The maximum Gasteiger partial charge on any atom is 0.262 e. The molecule has 6 nitrogen and oxygen atoms in total. The molecule has 0 heterocycles. The number of nitrogens with one attached hydrogen (secondary N) is 2. The zero-order valence-corrected chi connectivity index (χ0v) is 18.5. The molecule has 0 unspecified atom stereocenters. The summed E-state index contributed by atoms with van der Waals surface area (Å²) in [4.78, 5) is 24.6. The third kappa shape index (κ3) is 6.35. The van der Waals surface area contributed by atoms with E-state index in [1.54, 1.807) is 42.5 Å².